The Balaban J connectivity index is 2.11. The molecule has 76 valence electrons. The molecule has 1 amide bonds. The van der Waals surface area contributed by atoms with Crippen LogP contribution < -0.4 is 10.6 Å². The summed E-state index contributed by atoms with van der Waals surface area (Å²) in [5.74, 6) is -0.472. The summed E-state index contributed by atoms with van der Waals surface area (Å²) in [6, 6.07) is 0. The van der Waals surface area contributed by atoms with Gasteiger partial charge in [-0.2, -0.15) is 0 Å². The molecule has 1 fully saturated rings. The van der Waals surface area contributed by atoms with Crippen LogP contribution in [-0.4, -0.2) is 37.2 Å². The second kappa shape index (κ2) is 3.93. The van der Waals surface area contributed by atoms with Crippen molar-refractivity contribution in [2.75, 3.05) is 31.2 Å². The molecule has 1 aromatic heterocycles. The maximum Gasteiger partial charge on any atom is 0.268 e. The van der Waals surface area contributed by atoms with E-state index in [1.807, 2.05) is 0 Å². The maximum atomic E-state index is 10.8. The number of hydrogen-bond donors (Lipinski definition) is 1. The first-order chi connectivity index (χ1) is 6.77. The van der Waals surface area contributed by atoms with Crippen molar-refractivity contribution in [3.8, 4) is 0 Å². The Morgan fingerprint density at radius 3 is 2.86 bits per heavy atom. The third-order valence-corrected chi connectivity index (χ3v) is 2.93. The Hall–Kier alpha value is -1.14. The number of nitrogens with zero attached hydrogens (tertiary/aromatic N) is 2. The zero-order valence-electron chi connectivity index (χ0n) is 7.60. The average molecular weight is 213 g/mol. The summed E-state index contributed by atoms with van der Waals surface area (Å²) in [7, 11) is 0. The number of aromatic nitrogens is 1. The SMILES string of the molecule is NC(=O)c1csc(N2CCOCC2)n1. The van der Waals surface area contributed by atoms with Crippen molar-refractivity contribution in [1.82, 2.24) is 4.98 Å². The number of thiazole rings is 1. The number of carbonyl (C=O) groups excluding carboxylic acids is 1. The monoisotopic (exact) mass is 213 g/mol. The summed E-state index contributed by atoms with van der Waals surface area (Å²) < 4.78 is 5.22. The number of primary amides is 1. The first-order valence-electron chi connectivity index (χ1n) is 4.35. The van der Waals surface area contributed by atoms with Gasteiger partial charge in [-0.25, -0.2) is 4.98 Å². The smallest absolute Gasteiger partial charge is 0.268 e. The Morgan fingerprint density at radius 1 is 1.57 bits per heavy atom. The van der Waals surface area contributed by atoms with Crippen LogP contribution in [0.2, 0.25) is 0 Å². The molecular formula is C8H11N3O2S. The van der Waals surface area contributed by atoms with E-state index >= 15 is 0 Å². The van der Waals surface area contributed by atoms with E-state index < -0.39 is 5.91 Å². The lowest BCUT2D eigenvalue weighted by atomic mass is 10.4. The van der Waals surface area contributed by atoms with Crippen LogP contribution in [0.4, 0.5) is 5.13 Å². The summed E-state index contributed by atoms with van der Waals surface area (Å²) >= 11 is 1.44. The van der Waals surface area contributed by atoms with Crippen LogP contribution in [0.5, 0.6) is 0 Å². The zero-order valence-corrected chi connectivity index (χ0v) is 8.42. The largest absolute Gasteiger partial charge is 0.378 e. The number of morpholine rings is 1. The fourth-order valence-corrected chi connectivity index (χ4v) is 2.15. The van der Waals surface area contributed by atoms with Gasteiger partial charge in [0.05, 0.1) is 13.2 Å². The molecule has 1 aromatic rings. The highest BCUT2D eigenvalue weighted by Gasteiger charge is 2.15. The summed E-state index contributed by atoms with van der Waals surface area (Å²) in [6.07, 6.45) is 0. The van der Waals surface area contributed by atoms with E-state index in [-0.39, 0.29) is 0 Å². The number of ether oxygens (including phenoxy) is 1. The lowest BCUT2D eigenvalue weighted by Gasteiger charge is -2.25. The van der Waals surface area contributed by atoms with Crippen LogP contribution in [0.25, 0.3) is 0 Å². The molecule has 0 radical (unpaired) electrons. The number of anilines is 1. The van der Waals surface area contributed by atoms with Gasteiger partial charge >= 0.3 is 0 Å². The molecule has 0 aromatic carbocycles. The average Bonchev–Trinajstić information content (AvgIpc) is 2.68. The zero-order chi connectivity index (χ0) is 9.97. The molecule has 6 heteroatoms. The van der Waals surface area contributed by atoms with Gasteiger partial charge < -0.3 is 15.4 Å². The minimum Gasteiger partial charge on any atom is -0.378 e. The molecule has 1 aliphatic heterocycles. The molecule has 0 spiro atoms. The third-order valence-electron chi connectivity index (χ3n) is 2.03. The first-order valence-corrected chi connectivity index (χ1v) is 5.23. The van der Waals surface area contributed by atoms with Crippen LogP contribution in [0.1, 0.15) is 10.5 Å². The van der Waals surface area contributed by atoms with Gasteiger partial charge in [0.2, 0.25) is 0 Å². The number of amides is 1. The van der Waals surface area contributed by atoms with Crippen molar-refractivity contribution >= 4 is 22.4 Å². The summed E-state index contributed by atoms with van der Waals surface area (Å²) in [5, 5.41) is 2.54. The normalized spacial score (nSPS) is 17.0. The molecular weight excluding hydrogens is 202 g/mol. The van der Waals surface area contributed by atoms with Gasteiger partial charge in [-0.3, -0.25) is 4.79 Å². The molecule has 0 bridgehead atoms. The highest BCUT2D eigenvalue weighted by atomic mass is 32.1. The molecule has 2 rings (SSSR count). The molecule has 2 N–H and O–H groups in total. The predicted octanol–water partition coefficient (Wildman–Crippen LogP) is 0.0786. The van der Waals surface area contributed by atoms with Crippen molar-refractivity contribution in [2.24, 2.45) is 5.73 Å². The summed E-state index contributed by atoms with van der Waals surface area (Å²) in [4.78, 5) is 17.1. The van der Waals surface area contributed by atoms with E-state index in [4.69, 9.17) is 10.5 Å². The number of rotatable bonds is 2. The molecule has 1 saturated heterocycles. The fraction of sp³-hybridized carbons (Fsp3) is 0.500. The third kappa shape index (κ3) is 1.85. The van der Waals surface area contributed by atoms with Gasteiger partial charge in [-0.15, -0.1) is 11.3 Å². The molecule has 2 heterocycles. The van der Waals surface area contributed by atoms with Gasteiger partial charge in [0.15, 0.2) is 5.13 Å². The molecule has 0 aliphatic carbocycles. The van der Waals surface area contributed by atoms with Crippen molar-refractivity contribution in [1.29, 1.82) is 0 Å². The standard InChI is InChI=1S/C8H11N3O2S/c9-7(12)6-5-14-8(10-6)11-1-3-13-4-2-11/h5H,1-4H2,(H2,9,12). The van der Waals surface area contributed by atoms with Crippen LogP contribution in [0, 0.1) is 0 Å². The second-order valence-electron chi connectivity index (χ2n) is 2.98. The predicted molar refractivity (Wildman–Crippen MR) is 53.7 cm³/mol. The van der Waals surface area contributed by atoms with E-state index in [9.17, 15) is 4.79 Å². The number of carbonyl (C=O) groups is 1. The summed E-state index contributed by atoms with van der Waals surface area (Å²) in [6.45, 7) is 3.08. The Kier molecular flexibility index (Phi) is 2.64. The lowest BCUT2D eigenvalue weighted by Crippen LogP contribution is -2.36. The fourth-order valence-electron chi connectivity index (χ4n) is 1.28. The van der Waals surface area contributed by atoms with E-state index in [2.05, 4.69) is 9.88 Å². The van der Waals surface area contributed by atoms with Crippen molar-refractivity contribution in [3.63, 3.8) is 0 Å². The quantitative estimate of drug-likeness (QED) is 0.755. The van der Waals surface area contributed by atoms with Crippen molar-refractivity contribution in [3.05, 3.63) is 11.1 Å². The van der Waals surface area contributed by atoms with E-state index in [0.29, 0.717) is 18.9 Å². The minimum absolute atomic E-state index is 0.344. The Morgan fingerprint density at radius 2 is 2.29 bits per heavy atom. The summed E-state index contributed by atoms with van der Waals surface area (Å²) in [5.41, 5.74) is 5.46. The number of nitrogens with two attached hydrogens (primary N) is 1. The van der Waals surface area contributed by atoms with Gasteiger partial charge in [0.25, 0.3) is 5.91 Å². The van der Waals surface area contributed by atoms with Crippen LogP contribution >= 0.6 is 11.3 Å². The van der Waals surface area contributed by atoms with E-state index in [1.54, 1.807) is 5.38 Å². The highest BCUT2D eigenvalue weighted by Crippen LogP contribution is 2.20. The lowest BCUT2D eigenvalue weighted by molar-refractivity contribution is 0.0996. The van der Waals surface area contributed by atoms with Crippen molar-refractivity contribution < 1.29 is 9.53 Å². The van der Waals surface area contributed by atoms with Gasteiger partial charge in [0.1, 0.15) is 5.69 Å². The molecule has 0 saturated carbocycles. The minimum atomic E-state index is -0.472. The number of hydrogen-bond acceptors (Lipinski definition) is 5. The van der Waals surface area contributed by atoms with Crippen molar-refractivity contribution in [2.45, 2.75) is 0 Å². The highest BCUT2D eigenvalue weighted by molar-refractivity contribution is 7.13. The van der Waals surface area contributed by atoms with E-state index in [0.717, 1.165) is 18.2 Å². The Bertz CT molecular complexity index is 333. The van der Waals surface area contributed by atoms with Crippen LogP contribution in [-0.2, 0) is 4.74 Å². The molecule has 0 unspecified atom stereocenters. The molecule has 1 aliphatic rings. The van der Waals surface area contributed by atoms with Crippen LogP contribution in [0.3, 0.4) is 0 Å². The van der Waals surface area contributed by atoms with E-state index in [1.165, 1.54) is 11.3 Å². The Labute approximate surface area is 85.5 Å². The molecule has 5 nitrogen and oxygen atoms in total. The second-order valence-corrected chi connectivity index (χ2v) is 3.82. The first kappa shape index (κ1) is 9.42. The van der Waals surface area contributed by atoms with Gasteiger partial charge in [-0.1, -0.05) is 0 Å². The molecule has 0 atom stereocenters. The maximum absolute atomic E-state index is 10.8. The van der Waals surface area contributed by atoms with Gasteiger partial charge in [-0.05, 0) is 0 Å². The van der Waals surface area contributed by atoms with Gasteiger partial charge in [0, 0.05) is 18.5 Å². The van der Waals surface area contributed by atoms with Crippen LogP contribution in [0.15, 0.2) is 5.38 Å². The topological polar surface area (TPSA) is 68.5 Å². The molecule has 14 heavy (non-hydrogen) atoms.